The Morgan fingerprint density at radius 3 is 3.00 bits per heavy atom. The van der Waals surface area contributed by atoms with Gasteiger partial charge in [0, 0.05) is 25.1 Å². The predicted molar refractivity (Wildman–Crippen MR) is 33.6 cm³/mol. The third kappa shape index (κ3) is 0.764. The fourth-order valence-electron chi connectivity index (χ4n) is 1.66. The van der Waals surface area contributed by atoms with Crippen molar-refractivity contribution in [1.82, 2.24) is 5.01 Å². The van der Waals surface area contributed by atoms with Crippen LogP contribution in [0.3, 0.4) is 0 Å². The molecular weight excluding hydrogens is 116 g/mol. The van der Waals surface area contributed by atoms with Crippen molar-refractivity contribution in [3.8, 4) is 0 Å². The lowest BCUT2D eigenvalue weighted by molar-refractivity contribution is -0.0906. The van der Waals surface area contributed by atoms with E-state index in [2.05, 4.69) is 0 Å². The van der Waals surface area contributed by atoms with E-state index in [1.54, 1.807) is 0 Å². The monoisotopic (exact) mass is 128 g/mol. The van der Waals surface area contributed by atoms with Gasteiger partial charge in [-0.2, -0.15) is 0 Å². The van der Waals surface area contributed by atoms with E-state index in [-0.39, 0.29) is 0 Å². The summed E-state index contributed by atoms with van der Waals surface area (Å²) < 4.78 is 5.27. The third-order valence-corrected chi connectivity index (χ3v) is 2.31. The van der Waals surface area contributed by atoms with Crippen molar-refractivity contribution in [2.75, 3.05) is 19.8 Å². The van der Waals surface area contributed by atoms with Crippen molar-refractivity contribution >= 4 is 0 Å². The fourth-order valence-corrected chi connectivity index (χ4v) is 1.66. The number of fused-ring (bicyclic) bond motifs is 1. The van der Waals surface area contributed by atoms with Crippen LogP contribution in [0.15, 0.2) is 0 Å². The highest BCUT2D eigenvalue weighted by Crippen LogP contribution is 2.27. The summed E-state index contributed by atoms with van der Waals surface area (Å²) in [5.41, 5.74) is 0. The number of nitrogens with zero attached hydrogens (tertiary/aromatic N) is 1. The molecule has 0 aromatic heterocycles. The molecule has 0 radical (unpaired) electrons. The second kappa shape index (κ2) is 1.94. The minimum Gasteiger partial charge on any atom is -0.381 e. The molecule has 0 aliphatic carbocycles. The van der Waals surface area contributed by atoms with Gasteiger partial charge in [0.15, 0.2) is 0 Å². The lowest BCUT2D eigenvalue weighted by atomic mass is 9.87. The largest absolute Gasteiger partial charge is 0.381 e. The molecule has 0 bridgehead atoms. The lowest BCUT2D eigenvalue weighted by Crippen LogP contribution is -2.63. The zero-order valence-electron chi connectivity index (χ0n) is 5.42. The molecule has 2 atom stereocenters. The van der Waals surface area contributed by atoms with Gasteiger partial charge in [0.25, 0.3) is 0 Å². The third-order valence-electron chi connectivity index (χ3n) is 2.31. The second-order valence-corrected chi connectivity index (χ2v) is 2.89. The fraction of sp³-hybridized carbons (Fsp3) is 1.00. The molecule has 0 amide bonds. The van der Waals surface area contributed by atoms with Crippen molar-refractivity contribution in [3.63, 3.8) is 0 Å². The SMILES string of the molecule is NN1CC2COCCC21. The van der Waals surface area contributed by atoms with E-state index < -0.39 is 0 Å². The first kappa shape index (κ1) is 5.65. The van der Waals surface area contributed by atoms with Crippen molar-refractivity contribution in [2.45, 2.75) is 12.5 Å². The minimum atomic E-state index is 0.638. The summed E-state index contributed by atoms with van der Waals surface area (Å²) in [4.78, 5) is 0. The zero-order valence-corrected chi connectivity index (χ0v) is 5.42. The van der Waals surface area contributed by atoms with Gasteiger partial charge in [0.2, 0.25) is 0 Å². The summed E-state index contributed by atoms with van der Waals surface area (Å²) in [6.45, 7) is 2.86. The Morgan fingerprint density at radius 1 is 1.56 bits per heavy atom. The van der Waals surface area contributed by atoms with Gasteiger partial charge in [-0.3, -0.25) is 5.84 Å². The average Bonchev–Trinajstić information content (AvgIpc) is 1.86. The highest BCUT2D eigenvalue weighted by atomic mass is 16.5. The van der Waals surface area contributed by atoms with Crippen LogP contribution in [-0.4, -0.2) is 30.8 Å². The molecule has 0 aromatic carbocycles. The molecule has 52 valence electrons. The highest BCUT2D eigenvalue weighted by molar-refractivity contribution is 4.90. The van der Waals surface area contributed by atoms with Gasteiger partial charge in [-0.1, -0.05) is 0 Å². The summed E-state index contributed by atoms with van der Waals surface area (Å²) >= 11 is 0. The van der Waals surface area contributed by atoms with Crippen molar-refractivity contribution in [1.29, 1.82) is 0 Å². The van der Waals surface area contributed by atoms with Crippen LogP contribution in [0.2, 0.25) is 0 Å². The van der Waals surface area contributed by atoms with Crippen LogP contribution in [0.4, 0.5) is 0 Å². The van der Waals surface area contributed by atoms with Gasteiger partial charge in [0.1, 0.15) is 0 Å². The van der Waals surface area contributed by atoms with Crippen molar-refractivity contribution in [3.05, 3.63) is 0 Å². The van der Waals surface area contributed by atoms with Crippen LogP contribution in [0, 0.1) is 5.92 Å². The first-order valence-corrected chi connectivity index (χ1v) is 3.47. The van der Waals surface area contributed by atoms with Gasteiger partial charge in [-0.25, -0.2) is 5.01 Å². The molecule has 0 saturated carbocycles. The molecule has 9 heavy (non-hydrogen) atoms. The molecule has 3 heteroatoms. The Morgan fingerprint density at radius 2 is 2.44 bits per heavy atom. The van der Waals surface area contributed by atoms with Gasteiger partial charge >= 0.3 is 0 Å². The van der Waals surface area contributed by atoms with Crippen LogP contribution in [-0.2, 0) is 4.74 Å². The molecule has 2 rings (SSSR count). The van der Waals surface area contributed by atoms with Crippen molar-refractivity contribution in [2.24, 2.45) is 11.8 Å². The number of nitrogens with two attached hydrogens (primary N) is 1. The quantitative estimate of drug-likeness (QED) is 0.450. The highest BCUT2D eigenvalue weighted by Gasteiger charge is 2.38. The van der Waals surface area contributed by atoms with E-state index >= 15 is 0 Å². The summed E-state index contributed by atoms with van der Waals surface area (Å²) in [5.74, 6) is 6.35. The molecule has 3 nitrogen and oxygen atoms in total. The predicted octanol–water partition coefficient (Wildman–Crippen LogP) is -0.419. The van der Waals surface area contributed by atoms with Crippen LogP contribution < -0.4 is 5.84 Å². The lowest BCUT2D eigenvalue weighted by Gasteiger charge is -2.47. The standard InChI is InChI=1S/C6H12N2O/c7-8-3-5-4-9-2-1-6(5)8/h5-6H,1-4,7H2. The Kier molecular flexibility index (Phi) is 1.22. The van der Waals surface area contributed by atoms with E-state index in [4.69, 9.17) is 10.6 Å². The van der Waals surface area contributed by atoms with E-state index in [0.717, 1.165) is 32.1 Å². The number of ether oxygens (including phenoxy) is 1. The van der Waals surface area contributed by atoms with Crippen LogP contribution in [0.1, 0.15) is 6.42 Å². The maximum Gasteiger partial charge on any atom is 0.0522 e. The Labute approximate surface area is 54.7 Å². The van der Waals surface area contributed by atoms with Gasteiger partial charge in [0.05, 0.1) is 6.61 Å². The molecule has 2 saturated heterocycles. The Hall–Kier alpha value is -0.120. The Balaban J connectivity index is 1.94. The van der Waals surface area contributed by atoms with Gasteiger partial charge in [-0.15, -0.1) is 0 Å². The Bertz CT molecular complexity index is 116. The van der Waals surface area contributed by atoms with Crippen LogP contribution >= 0.6 is 0 Å². The molecule has 2 heterocycles. The van der Waals surface area contributed by atoms with Crippen molar-refractivity contribution < 1.29 is 4.74 Å². The van der Waals surface area contributed by atoms with E-state index in [9.17, 15) is 0 Å². The molecule has 2 aliphatic heterocycles. The molecule has 2 aliphatic rings. The molecule has 0 aromatic rings. The summed E-state index contributed by atoms with van der Waals surface area (Å²) in [6.07, 6.45) is 1.13. The topological polar surface area (TPSA) is 38.5 Å². The molecule has 2 fully saturated rings. The van der Waals surface area contributed by atoms with Gasteiger partial charge in [-0.05, 0) is 6.42 Å². The van der Waals surface area contributed by atoms with E-state index in [1.165, 1.54) is 0 Å². The zero-order chi connectivity index (χ0) is 6.27. The first-order chi connectivity index (χ1) is 4.38. The summed E-state index contributed by atoms with van der Waals surface area (Å²) in [5, 5.41) is 1.92. The summed E-state index contributed by atoms with van der Waals surface area (Å²) in [7, 11) is 0. The average molecular weight is 128 g/mol. The maximum atomic E-state index is 5.61. The van der Waals surface area contributed by atoms with Crippen LogP contribution in [0.25, 0.3) is 0 Å². The molecule has 0 spiro atoms. The first-order valence-electron chi connectivity index (χ1n) is 3.47. The maximum absolute atomic E-state index is 5.61. The minimum absolute atomic E-state index is 0.638. The van der Waals surface area contributed by atoms with Gasteiger partial charge < -0.3 is 4.74 Å². The smallest absolute Gasteiger partial charge is 0.0522 e. The normalized spacial score (nSPS) is 43.7. The van der Waals surface area contributed by atoms with Crippen LogP contribution in [0.5, 0.6) is 0 Å². The van der Waals surface area contributed by atoms with E-state index in [0.29, 0.717) is 6.04 Å². The number of hydrazine groups is 1. The molecule has 2 N–H and O–H groups in total. The molecule has 2 unspecified atom stereocenters. The number of hydrogen-bond acceptors (Lipinski definition) is 3. The van der Waals surface area contributed by atoms with E-state index in [1.807, 2.05) is 5.01 Å². The number of hydrogen-bond donors (Lipinski definition) is 1. The second-order valence-electron chi connectivity index (χ2n) is 2.89. The molecular formula is C6H12N2O. The summed E-state index contributed by atoms with van der Waals surface area (Å²) in [6, 6.07) is 0.638. The number of rotatable bonds is 0.